The third kappa shape index (κ3) is 4.84. The molecule has 1 atom stereocenters. The molecule has 1 rings (SSSR count). The van der Waals surface area contributed by atoms with Crippen molar-refractivity contribution in [3.8, 4) is 0 Å². The predicted octanol–water partition coefficient (Wildman–Crippen LogP) is 3.03. The van der Waals surface area contributed by atoms with E-state index in [2.05, 4.69) is 37.9 Å². The molecule has 0 aromatic carbocycles. The van der Waals surface area contributed by atoms with Crippen molar-refractivity contribution in [2.75, 3.05) is 13.1 Å². The zero-order valence-electron chi connectivity index (χ0n) is 11.6. The topological polar surface area (TPSA) is 15.3 Å². The zero-order chi connectivity index (χ0) is 12.0. The van der Waals surface area contributed by atoms with E-state index in [-0.39, 0.29) is 0 Å². The molecule has 1 saturated carbocycles. The van der Waals surface area contributed by atoms with Gasteiger partial charge in [-0.3, -0.25) is 4.90 Å². The Kier molecular flexibility index (Phi) is 6.37. The minimum Gasteiger partial charge on any atom is -0.313 e. The minimum absolute atomic E-state index is 0.709. The molecule has 0 aromatic heterocycles. The Bertz CT molecular complexity index is 174. The second-order valence-corrected chi connectivity index (χ2v) is 5.41. The van der Waals surface area contributed by atoms with Gasteiger partial charge in [-0.1, -0.05) is 20.3 Å². The maximum absolute atomic E-state index is 3.70. The summed E-state index contributed by atoms with van der Waals surface area (Å²) in [5, 5.41) is 3.70. The second-order valence-electron chi connectivity index (χ2n) is 5.41. The molecule has 1 unspecified atom stereocenters. The lowest BCUT2D eigenvalue weighted by Crippen LogP contribution is -2.41. The first-order valence-electron chi connectivity index (χ1n) is 7.18. The third-order valence-electron chi connectivity index (χ3n) is 3.61. The van der Waals surface area contributed by atoms with Crippen LogP contribution in [0.25, 0.3) is 0 Å². The Morgan fingerprint density at radius 2 is 1.94 bits per heavy atom. The molecule has 0 radical (unpaired) electrons. The highest BCUT2D eigenvalue weighted by atomic mass is 15.2. The SMILES string of the molecule is CCCC(CC)NCCN(C(C)C)C1CC1. The van der Waals surface area contributed by atoms with Crippen LogP contribution < -0.4 is 5.32 Å². The summed E-state index contributed by atoms with van der Waals surface area (Å²) >= 11 is 0. The first kappa shape index (κ1) is 14.0. The van der Waals surface area contributed by atoms with Gasteiger partial charge in [0.05, 0.1) is 0 Å². The maximum Gasteiger partial charge on any atom is 0.0113 e. The normalized spacial score (nSPS) is 18.4. The Balaban J connectivity index is 2.16. The molecule has 2 nitrogen and oxygen atoms in total. The molecule has 16 heavy (non-hydrogen) atoms. The fourth-order valence-electron chi connectivity index (χ4n) is 2.47. The number of rotatable bonds is 9. The minimum atomic E-state index is 0.709. The maximum atomic E-state index is 3.70. The Morgan fingerprint density at radius 1 is 1.25 bits per heavy atom. The van der Waals surface area contributed by atoms with Crippen LogP contribution in [0.4, 0.5) is 0 Å². The molecule has 96 valence electrons. The monoisotopic (exact) mass is 226 g/mol. The van der Waals surface area contributed by atoms with Gasteiger partial charge in [-0.2, -0.15) is 0 Å². The summed E-state index contributed by atoms with van der Waals surface area (Å²) in [6.45, 7) is 11.6. The zero-order valence-corrected chi connectivity index (χ0v) is 11.6. The summed E-state index contributed by atoms with van der Waals surface area (Å²) in [5.41, 5.74) is 0. The van der Waals surface area contributed by atoms with Crippen LogP contribution in [0.15, 0.2) is 0 Å². The number of hydrogen-bond acceptors (Lipinski definition) is 2. The molecule has 2 heteroatoms. The summed E-state index contributed by atoms with van der Waals surface area (Å²) < 4.78 is 0. The van der Waals surface area contributed by atoms with E-state index in [0.717, 1.165) is 18.6 Å². The fourth-order valence-corrected chi connectivity index (χ4v) is 2.47. The van der Waals surface area contributed by atoms with Gasteiger partial charge in [-0.25, -0.2) is 0 Å². The summed E-state index contributed by atoms with van der Waals surface area (Å²) in [5.74, 6) is 0. The average molecular weight is 226 g/mol. The van der Waals surface area contributed by atoms with Crippen LogP contribution >= 0.6 is 0 Å². The first-order chi connectivity index (χ1) is 7.69. The smallest absolute Gasteiger partial charge is 0.0113 e. The molecule has 0 bridgehead atoms. The van der Waals surface area contributed by atoms with Crippen molar-refractivity contribution in [3.05, 3.63) is 0 Å². The molecule has 1 N–H and O–H groups in total. The molecule has 1 fully saturated rings. The lowest BCUT2D eigenvalue weighted by Gasteiger charge is -2.27. The first-order valence-corrected chi connectivity index (χ1v) is 7.18. The number of hydrogen-bond donors (Lipinski definition) is 1. The van der Waals surface area contributed by atoms with E-state index >= 15 is 0 Å². The summed E-state index contributed by atoms with van der Waals surface area (Å²) in [6.07, 6.45) is 6.72. The van der Waals surface area contributed by atoms with E-state index in [0.29, 0.717) is 6.04 Å². The predicted molar refractivity (Wildman–Crippen MR) is 71.9 cm³/mol. The molecular formula is C14H30N2. The van der Waals surface area contributed by atoms with Crippen LogP contribution in [0.3, 0.4) is 0 Å². The summed E-state index contributed by atoms with van der Waals surface area (Å²) in [7, 11) is 0. The standard InChI is InChI=1S/C14H30N2/c1-5-7-13(6-2)15-10-11-16(12(3)4)14-8-9-14/h12-15H,5-11H2,1-4H3. The molecule has 1 aliphatic carbocycles. The third-order valence-corrected chi connectivity index (χ3v) is 3.61. The summed E-state index contributed by atoms with van der Waals surface area (Å²) in [4.78, 5) is 2.66. The molecule has 0 heterocycles. The lowest BCUT2D eigenvalue weighted by molar-refractivity contribution is 0.208. The molecule has 0 aromatic rings. The van der Waals surface area contributed by atoms with Gasteiger partial charge in [0.2, 0.25) is 0 Å². The molecular weight excluding hydrogens is 196 g/mol. The van der Waals surface area contributed by atoms with E-state index < -0.39 is 0 Å². The van der Waals surface area contributed by atoms with Gasteiger partial charge in [-0.15, -0.1) is 0 Å². The Hall–Kier alpha value is -0.0800. The van der Waals surface area contributed by atoms with Gasteiger partial charge in [-0.05, 0) is 39.5 Å². The highest BCUT2D eigenvalue weighted by Gasteiger charge is 2.30. The van der Waals surface area contributed by atoms with Crippen LogP contribution in [0.2, 0.25) is 0 Å². The molecule has 0 spiro atoms. The van der Waals surface area contributed by atoms with Gasteiger partial charge < -0.3 is 5.32 Å². The van der Waals surface area contributed by atoms with Crippen molar-refractivity contribution >= 4 is 0 Å². The van der Waals surface area contributed by atoms with Gasteiger partial charge in [0.1, 0.15) is 0 Å². The van der Waals surface area contributed by atoms with E-state index in [1.807, 2.05) is 0 Å². The van der Waals surface area contributed by atoms with Crippen molar-refractivity contribution in [2.45, 2.75) is 77.9 Å². The van der Waals surface area contributed by atoms with Crippen molar-refractivity contribution in [1.82, 2.24) is 10.2 Å². The average Bonchev–Trinajstić information content (AvgIpc) is 3.06. The van der Waals surface area contributed by atoms with Gasteiger partial charge >= 0.3 is 0 Å². The van der Waals surface area contributed by atoms with Crippen LogP contribution in [-0.2, 0) is 0 Å². The molecule has 0 aliphatic heterocycles. The van der Waals surface area contributed by atoms with Crippen molar-refractivity contribution in [2.24, 2.45) is 0 Å². The largest absolute Gasteiger partial charge is 0.313 e. The van der Waals surface area contributed by atoms with Crippen molar-refractivity contribution in [1.29, 1.82) is 0 Å². The fraction of sp³-hybridized carbons (Fsp3) is 1.00. The molecule has 0 amide bonds. The van der Waals surface area contributed by atoms with E-state index in [1.165, 1.54) is 38.6 Å². The van der Waals surface area contributed by atoms with Gasteiger partial charge in [0, 0.05) is 31.2 Å². The highest BCUT2D eigenvalue weighted by Crippen LogP contribution is 2.27. The quantitative estimate of drug-likeness (QED) is 0.650. The second kappa shape index (κ2) is 7.29. The highest BCUT2D eigenvalue weighted by molar-refractivity contribution is 4.86. The van der Waals surface area contributed by atoms with E-state index in [4.69, 9.17) is 0 Å². The van der Waals surface area contributed by atoms with Crippen LogP contribution in [0.5, 0.6) is 0 Å². The van der Waals surface area contributed by atoms with Crippen LogP contribution in [0, 0.1) is 0 Å². The number of nitrogens with zero attached hydrogens (tertiary/aromatic N) is 1. The Morgan fingerprint density at radius 3 is 2.38 bits per heavy atom. The van der Waals surface area contributed by atoms with Crippen molar-refractivity contribution < 1.29 is 0 Å². The van der Waals surface area contributed by atoms with E-state index in [1.54, 1.807) is 0 Å². The van der Waals surface area contributed by atoms with Gasteiger partial charge in [0.25, 0.3) is 0 Å². The number of nitrogens with one attached hydrogen (secondary N) is 1. The molecule has 1 aliphatic rings. The molecule has 0 saturated heterocycles. The van der Waals surface area contributed by atoms with Crippen LogP contribution in [0.1, 0.15) is 59.8 Å². The van der Waals surface area contributed by atoms with E-state index in [9.17, 15) is 0 Å². The van der Waals surface area contributed by atoms with Crippen LogP contribution in [-0.4, -0.2) is 36.1 Å². The van der Waals surface area contributed by atoms with Gasteiger partial charge in [0.15, 0.2) is 0 Å². The summed E-state index contributed by atoms with van der Waals surface area (Å²) in [6, 6.07) is 2.34. The lowest BCUT2D eigenvalue weighted by atomic mass is 10.1. The van der Waals surface area contributed by atoms with Crippen molar-refractivity contribution in [3.63, 3.8) is 0 Å². The Labute approximate surface area is 102 Å².